The van der Waals surface area contributed by atoms with Gasteiger partial charge in [0.25, 0.3) is 0 Å². The average molecular weight is 322 g/mol. The van der Waals surface area contributed by atoms with Crippen LogP contribution in [-0.4, -0.2) is 15.6 Å². The molecular weight excluding hydrogens is 305 g/mol. The van der Waals surface area contributed by atoms with Crippen molar-refractivity contribution in [3.05, 3.63) is 58.4 Å². The van der Waals surface area contributed by atoms with Crippen LogP contribution in [-0.2, 0) is 12.7 Å². The molecule has 0 spiro atoms. The second kappa shape index (κ2) is 6.40. The van der Waals surface area contributed by atoms with E-state index in [0.717, 1.165) is 29.1 Å². The summed E-state index contributed by atoms with van der Waals surface area (Å²) in [6.45, 7) is 6.38. The number of nitrogens with zero attached hydrogens (tertiary/aromatic N) is 2. The number of allylic oxidation sites excluding steroid dienone is 1. The fraction of sp³-hybridized carbons (Fsp3) is 0.294. The molecule has 0 aliphatic carbocycles. The summed E-state index contributed by atoms with van der Waals surface area (Å²) in [6, 6.07) is 4.41. The minimum absolute atomic E-state index is 0.00858. The van der Waals surface area contributed by atoms with E-state index < -0.39 is 17.5 Å². The van der Waals surface area contributed by atoms with Gasteiger partial charge in [-0.15, -0.1) is 0 Å². The highest BCUT2D eigenvalue weighted by Crippen LogP contribution is 2.29. The van der Waals surface area contributed by atoms with E-state index in [1.165, 1.54) is 18.2 Å². The van der Waals surface area contributed by atoms with Gasteiger partial charge < -0.3 is 0 Å². The molecule has 0 saturated carbocycles. The second-order valence-electron chi connectivity index (χ2n) is 5.18. The van der Waals surface area contributed by atoms with Crippen LogP contribution >= 0.6 is 0 Å². The number of rotatable bonds is 4. The van der Waals surface area contributed by atoms with Crippen molar-refractivity contribution in [1.29, 1.82) is 0 Å². The topological polar surface area (TPSA) is 34.9 Å². The molecule has 0 radical (unpaired) electrons. The van der Waals surface area contributed by atoms with Crippen LogP contribution in [0.2, 0.25) is 0 Å². The lowest BCUT2D eigenvalue weighted by molar-refractivity contribution is -0.137. The van der Waals surface area contributed by atoms with Crippen LogP contribution in [0.4, 0.5) is 13.2 Å². The Kier molecular flexibility index (Phi) is 4.73. The Morgan fingerprint density at radius 1 is 1.30 bits per heavy atom. The van der Waals surface area contributed by atoms with Crippen molar-refractivity contribution in [3.63, 3.8) is 0 Å². The van der Waals surface area contributed by atoms with Gasteiger partial charge in [0, 0.05) is 23.4 Å². The van der Waals surface area contributed by atoms with Crippen molar-refractivity contribution < 1.29 is 18.0 Å². The molecule has 2 rings (SSSR count). The predicted octanol–water partition coefficient (Wildman–Crippen LogP) is 4.43. The Morgan fingerprint density at radius 3 is 2.57 bits per heavy atom. The van der Waals surface area contributed by atoms with E-state index in [-0.39, 0.29) is 5.56 Å². The molecule has 3 nitrogen and oxygen atoms in total. The first-order chi connectivity index (χ1) is 10.7. The highest BCUT2D eigenvalue weighted by molar-refractivity contribution is 6.07. The van der Waals surface area contributed by atoms with Crippen molar-refractivity contribution >= 4 is 11.9 Å². The number of alkyl halides is 3. The summed E-state index contributed by atoms with van der Waals surface area (Å²) < 4.78 is 39.9. The largest absolute Gasteiger partial charge is 0.416 e. The smallest absolute Gasteiger partial charge is 0.289 e. The standard InChI is InChI=1S/C17H17F3N2O/c1-4-22-12(3)15(11(2)21-22)8-9-16(23)13-6-5-7-14(10-13)17(18,19)20/h5-10H,4H2,1-3H3/b9-8-. The third-order valence-electron chi connectivity index (χ3n) is 3.61. The number of hydrogen-bond acceptors (Lipinski definition) is 2. The molecule has 0 N–H and O–H groups in total. The third kappa shape index (κ3) is 3.70. The molecule has 0 bridgehead atoms. The van der Waals surface area contributed by atoms with Gasteiger partial charge in [-0.25, -0.2) is 0 Å². The van der Waals surface area contributed by atoms with Gasteiger partial charge in [0.1, 0.15) is 0 Å². The molecule has 122 valence electrons. The molecule has 0 unspecified atom stereocenters. The molecule has 0 aliphatic rings. The lowest BCUT2D eigenvalue weighted by Gasteiger charge is -2.07. The Morgan fingerprint density at radius 2 is 2.00 bits per heavy atom. The fourth-order valence-corrected chi connectivity index (χ4v) is 2.36. The number of aryl methyl sites for hydroxylation is 2. The maximum absolute atomic E-state index is 12.7. The molecule has 1 aromatic carbocycles. The van der Waals surface area contributed by atoms with Gasteiger partial charge in [0.2, 0.25) is 0 Å². The summed E-state index contributed by atoms with van der Waals surface area (Å²) in [5.74, 6) is -0.473. The SMILES string of the molecule is CCn1nc(C)c(/C=C\C(=O)c2cccc(C(F)(F)F)c2)c1C. The lowest BCUT2D eigenvalue weighted by atomic mass is 10.1. The Hall–Kier alpha value is -2.37. The van der Waals surface area contributed by atoms with E-state index in [4.69, 9.17) is 0 Å². The van der Waals surface area contributed by atoms with Gasteiger partial charge in [-0.05, 0) is 45.1 Å². The monoisotopic (exact) mass is 322 g/mol. The highest BCUT2D eigenvalue weighted by Gasteiger charge is 2.30. The van der Waals surface area contributed by atoms with Gasteiger partial charge in [0.15, 0.2) is 5.78 Å². The van der Waals surface area contributed by atoms with Crippen LogP contribution in [0, 0.1) is 13.8 Å². The molecule has 0 fully saturated rings. The fourth-order valence-electron chi connectivity index (χ4n) is 2.36. The third-order valence-corrected chi connectivity index (χ3v) is 3.61. The molecule has 6 heteroatoms. The van der Waals surface area contributed by atoms with Gasteiger partial charge in [0.05, 0.1) is 11.3 Å². The minimum Gasteiger partial charge on any atom is -0.289 e. The number of ketones is 1. The van der Waals surface area contributed by atoms with Gasteiger partial charge >= 0.3 is 6.18 Å². The van der Waals surface area contributed by atoms with Crippen molar-refractivity contribution in [2.24, 2.45) is 0 Å². The van der Waals surface area contributed by atoms with Crippen LogP contribution in [0.3, 0.4) is 0 Å². The zero-order chi connectivity index (χ0) is 17.2. The van der Waals surface area contributed by atoms with Crippen molar-refractivity contribution in [2.45, 2.75) is 33.5 Å². The molecule has 2 aromatic rings. The first-order valence-corrected chi connectivity index (χ1v) is 7.17. The van der Waals surface area contributed by atoms with E-state index >= 15 is 0 Å². The average Bonchev–Trinajstić information content (AvgIpc) is 2.78. The highest BCUT2D eigenvalue weighted by atomic mass is 19.4. The van der Waals surface area contributed by atoms with Crippen LogP contribution in [0.5, 0.6) is 0 Å². The number of halogens is 3. The van der Waals surface area contributed by atoms with Gasteiger partial charge in [-0.2, -0.15) is 18.3 Å². The summed E-state index contributed by atoms with van der Waals surface area (Å²) in [7, 11) is 0. The maximum atomic E-state index is 12.7. The Bertz CT molecular complexity index is 758. The van der Waals surface area contributed by atoms with E-state index in [0.29, 0.717) is 6.54 Å². The Labute approximate surface area is 132 Å². The molecule has 0 saturated heterocycles. The van der Waals surface area contributed by atoms with Crippen molar-refractivity contribution in [1.82, 2.24) is 9.78 Å². The van der Waals surface area contributed by atoms with Crippen LogP contribution in [0.1, 0.15) is 39.8 Å². The zero-order valence-electron chi connectivity index (χ0n) is 13.1. The number of hydrogen-bond donors (Lipinski definition) is 0. The zero-order valence-corrected chi connectivity index (χ0v) is 13.1. The minimum atomic E-state index is -4.46. The maximum Gasteiger partial charge on any atom is 0.416 e. The first kappa shape index (κ1) is 17.0. The summed E-state index contributed by atoms with van der Waals surface area (Å²) in [4.78, 5) is 12.1. The molecule has 0 atom stereocenters. The van der Waals surface area contributed by atoms with E-state index in [9.17, 15) is 18.0 Å². The summed E-state index contributed by atoms with van der Waals surface area (Å²) in [5.41, 5.74) is 1.68. The van der Waals surface area contributed by atoms with E-state index in [1.807, 2.05) is 25.5 Å². The second-order valence-corrected chi connectivity index (χ2v) is 5.18. The van der Waals surface area contributed by atoms with Gasteiger partial charge in [-0.3, -0.25) is 9.48 Å². The first-order valence-electron chi connectivity index (χ1n) is 7.17. The van der Waals surface area contributed by atoms with E-state index in [2.05, 4.69) is 5.10 Å². The molecule has 1 heterocycles. The summed E-state index contributed by atoms with van der Waals surface area (Å²) in [6.07, 6.45) is -1.58. The quantitative estimate of drug-likeness (QED) is 0.616. The number of carbonyl (C=O) groups is 1. The van der Waals surface area contributed by atoms with Crippen LogP contribution in [0.25, 0.3) is 6.08 Å². The van der Waals surface area contributed by atoms with Crippen LogP contribution in [0.15, 0.2) is 30.3 Å². The van der Waals surface area contributed by atoms with Crippen LogP contribution < -0.4 is 0 Å². The summed E-state index contributed by atoms with van der Waals surface area (Å²) >= 11 is 0. The lowest BCUT2D eigenvalue weighted by Crippen LogP contribution is -2.06. The molecule has 0 amide bonds. The predicted molar refractivity (Wildman–Crippen MR) is 82.2 cm³/mol. The number of carbonyl (C=O) groups excluding carboxylic acids is 1. The molecule has 23 heavy (non-hydrogen) atoms. The Balaban J connectivity index is 2.28. The van der Waals surface area contributed by atoms with Crippen molar-refractivity contribution in [3.8, 4) is 0 Å². The van der Waals surface area contributed by atoms with E-state index in [1.54, 1.807) is 6.08 Å². The molecular formula is C17H17F3N2O. The molecule has 0 aliphatic heterocycles. The van der Waals surface area contributed by atoms with Gasteiger partial charge in [-0.1, -0.05) is 12.1 Å². The van der Waals surface area contributed by atoms with Crippen molar-refractivity contribution in [2.75, 3.05) is 0 Å². The normalized spacial score (nSPS) is 12.1. The number of aromatic nitrogens is 2. The number of benzene rings is 1. The molecule has 1 aromatic heterocycles. The summed E-state index contributed by atoms with van der Waals surface area (Å²) in [5, 5.41) is 4.33.